The van der Waals surface area contributed by atoms with Crippen LogP contribution in [0.25, 0.3) is 10.9 Å². The predicted molar refractivity (Wildman–Crippen MR) is 134 cm³/mol. The van der Waals surface area contributed by atoms with Gasteiger partial charge in [-0.15, -0.1) is 0 Å². The topological polar surface area (TPSA) is 83.6 Å². The van der Waals surface area contributed by atoms with Crippen LogP contribution in [0.15, 0.2) is 48.7 Å². The number of H-pyrrole nitrogens is 1. The van der Waals surface area contributed by atoms with Gasteiger partial charge in [-0.1, -0.05) is 25.1 Å². The zero-order valence-corrected chi connectivity index (χ0v) is 21.1. The molecule has 0 aliphatic carbocycles. The maximum Gasteiger partial charge on any atom is 0.247 e. The SMILES string of the molecule is CO[C@@H]1c2cc(NC(=O)Cc3c[nH]c4ccccc34)ccc2O[C@H](C(CCO)[Si](C)(C)F)[C@H]1C. The summed E-state index contributed by atoms with van der Waals surface area (Å²) in [6.45, 7) is 5.23. The first kappa shape index (κ1) is 24.4. The number of carbonyl (C=O) groups is 1. The quantitative estimate of drug-likeness (QED) is 0.297. The maximum absolute atomic E-state index is 15.1. The van der Waals surface area contributed by atoms with Crippen molar-refractivity contribution >= 4 is 30.9 Å². The third-order valence-corrected chi connectivity index (χ3v) is 9.24. The van der Waals surface area contributed by atoms with Gasteiger partial charge in [-0.25, -0.2) is 0 Å². The van der Waals surface area contributed by atoms with E-state index in [-0.39, 0.29) is 36.5 Å². The van der Waals surface area contributed by atoms with Crippen molar-refractivity contribution in [2.75, 3.05) is 19.0 Å². The summed E-state index contributed by atoms with van der Waals surface area (Å²) in [6.07, 6.45) is 1.78. The van der Waals surface area contributed by atoms with Crippen LogP contribution in [0.1, 0.15) is 30.6 Å². The number of anilines is 1. The second-order valence-electron chi connectivity index (χ2n) is 9.62. The highest BCUT2D eigenvalue weighted by atomic mass is 28.4. The van der Waals surface area contributed by atoms with Gasteiger partial charge in [-0.05, 0) is 49.3 Å². The summed E-state index contributed by atoms with van der Waals surface area (Å²) in [5.41, 5.74) is 3.08. The minimum atomic E-state index is -3.08. The van der Waals surface area contributed by atoms with Gasteiger partial charge in [0.15, 0.2) is 0 Å². The number of methoxy groups -OCH3 is 1. The average molecular weight is 485 g/mol. The maximum atomic E-state index is 15.1. The molecule has 1 unspecified atom stereocenters. The van der Waals surface area contributed by atoms with E-state index in [9.17, 15) is 9.90 Å². The van der Waals surface area contributed by atoms with Crippen molar-refractivity contribution in [2.45, 2.75) is 50.6 Å². The van der Waals surface area contributed by atoms with E-state index >= 15 is 4.11 Å². The van der Waals surface area contributed by atoms with E-state index in [1.54, 1.807) is 26.3 Å². The van der Waals surface area contributed by atoms with Gasteiger partial charge >= 0.3 is 0 Å². The number of rotatable bonds is 8. The van der Waals surface area contributed by atoms with Crippen LogP contribution in [0.3, 0.4) is 0 Å². The van der Waals surface area contributed by atoms with Gasteiger partial charge in [0.25, 0.3) is 0 Å². The van der Waals surface area contributed by atoms with E-state index in [4.69, 9.17) is 9.47 Å². The lowest BCUT2D eigenvalue weighted by molar-refractivity contribution is -0.115. The van der Waals surface area contributed by atoms with Crippen molar-refractivity contribution in [1.82, 2.24) is 4.98 Å². The minimum Gasteiger partial charge on any atom is -0.490 e. The van der Waals surface area contributed by atoms with Gasteiger partial charge in [0.2, 0.25) is 14.3 Å². The van der Waals surface area contributed by atoms with Crippen molar-refractivity contribution < 1.29 is 23.5 Å². The molecule has 1 aliphatic heterocycles. The Hall–Kier alpha value is -2.68. The number of hydrogen-bond acceptors (Lipinski definition) is 4. The molecule has 0 fully saturated rings. The summed E-state index contributed by atoms with van der Waals surface area (Å²) in [6, 6.07) is 13.4. The minimum absolute atomic E-state index is 0.0799. The molecule has 182 valence electrons. The number of para-hydroxylation sites is 1. The van der Waals surface area contributed by atoms with E-state index in [1.165, 1.54) is 0 Å². The number of aliphatic hydroxyl groups is 1. The van der Waals surface area contributed by atoms with Gasteiger partial charge in [0, 0.05) is 53.5 Å². The van der Waals surface area contributed by atoms with Crippen molar-refractivity contribution in [3.8, 4) is 5.75 Å². The molecule has 6 nitrogen and oxygen atoms in total. The molecule has 1 aromatic heterocycles. The first-order valence-electron chi connectivity index (χ1n) is 11.7. The van der Waals surface area contributed by atoms with E-state index in [2.05, 4.69) is 10.3 Å². The van der Waals surface area contributed by atoms with E-state index in [0.717, 1.165) is 22.0 Å². The molecule has 3 aromatic rings. The number of ether oxygens (including phenoxy) is 2. The molecule has 1 aliphatic rings. The standard InChI is InChI=1S/C26H33FN2O4Si/c1-16-25(32-2)20-14-18(9-10-22(20)33-26(16)23(11-12-30)34(3,4)27)29-24(31)13-17-15-28-21-8-6-5-7-19(17)21/h5-10,14-16,23,25-26,28,30H,11-13H2,1-4H3,(H,29,31)/t16-,23?,25-,26-/m0/s1. The van der Waals surface area contributed by atoms with Crippen LogP contribution in [0, 0.1) is 5.92 Å². The summed E-state index contributed by atoms with van der Waals surface area (Å²) in [5.74, 6) is 0.397. The molecule has 0 spiro atoms. The number of aromatic nitrogens is 1. The Morgan fingerprint density at radius 1 is 1.29 bits per heavy atom. The Morgan fingerprint density at radius 3 is 2.76 bits per heavy atom. The second-order valence-corrected chi connectivity index (χ2v) is 13.5. The Kier molecular flexibility index (Phi) is 7.11. The summed E-state index contributed by atoms with van der Waals surface area (Å²) >= 11 is 0. The molecule has 8 heteroatoms. The normalized spacial score (nSPS) is 21.1. The fraction of sp³-hybridized carbons (Fsp3) is 0.423. The van der Waals surface area contributed by atoms with Gasteiger partial charge in [0.05, 0.1) is 12.5 Å². The van der Waals surface area contributed by atoms with Crippen molar-refractivity contribution in [3.05, 3.63) is 59.8 Å². The van der Waals surface area contributed by atoms with Crippen LogP contribution in [-0.4, -0.2) is 44.2 Å². The first-order chi connectivity index (χ1) is 16.2. The lowest BCUT2D eigenvalue weighted by Gasteiger charge is -2.43. The Balaban J connectivity index is 1.54. The van der Waals surface area contributed by atoms with Crippen molar-refractivity contribution in [1.29, 1.82) is 0 Å². The summed E-state index contributed by atoms with van der Waals surface area (Å²) < 4.78 is 27.2. The number of carbonyl (C=O) groups excluding carboxylic acids is 1. The molecular formula is C26H33FN2O4Si. The number of nitrogens with one attached hydrogen (secondary N) is 2. The van der Waals surface area contributed by atoms with Crippen LogP contribution in [0.4, 0.5) is 9.80 Å². The largest absolute Gasteiger partial charge is 0.490 e. The highest BCUT2D eigenvalue weighted by molar-refractivity contribution is 6.72. The molecule has 0 saturated heterocycles. The molecule has 4 atom stereocenters. The van der Waals surface area contributed by atoms with E-state index in [1.807, 2.05) is 49.5 Å². The molecular weight excluding hydrogens is 451 g/mol. The first-order valence-corrected chi connectivity index (χ1v) is 14.7. The molecule has 34 heavy (non-hydrogen) atoms. The molecule has 0 bridgehead atoms. The van der Waals surface area contributed by atoms with Crippen LogP contribution in [0.2, 0.25) is 18.6 Å². The van der Waals surface area contributed by atoms with Crippen LogP contribution in [-0.2, 0) is 16.0 Å². The van der Waals surface area contributed by atoms with E-state index < -0.39 is 14.5 Å². The molecule has 3 N–H and O–H groups in total. The van der Waals surface area contributed by atoms with Crippen molar-refractivity contribution in [3.63, 3.8) is 0 Å². The fourth-order valence-corrected chi connectivity index (χ4v) is 7.12. The molecule has 0 radical (unpaired) electrons. The van der Waals surface area contributed by atoms with Crippen LogP contribution >= 0.6 is 0 Å². The molecule has 1 amide bonds. The summed E-state index contributed by atoms with van der Waals surface area (Å²) in [7, 11) is -1.45. The third-order valence-electron chi connectivity index (χ3n) is 6.86. The highest BCUT2D eigenvalue weighted by Gasteiger charge is 2.47. The molecule has 2 heterocycles. The number of aliphatic hydroxyl groups excluding tert-OH is 1. The smallest absolute Gasteiger partial charge is 0.247 e. The lowest BCUT2D eigenvalue weighted by Crippen LogP contribution is -2.46. The average Bonchev–Trinajstić information content (AvgIpc) is 3.19. The Morgan fingerprint density at radius 2 is 2.06 bits per heavy atom. The zero-order chi connectivity index (χ0) is 24.5. The Labute approximate surface area is 200 Å². The van der Waals surface area contributed by atoms with Crippen LogP contribution in [0.5, 0.6) is 5.75 Å². The van der Waals surface area contributed by atoms with Gasteiger partial charge < -0.3 is 29.0 Å². The molecule has 0 saturated carbocycles. The summed E-state index contributed by atoms with van der Waals surface area (Å²) in [4.78, 5) is 16.0. The number of halogens is 1. The third kappa shape index (κ3) is 4.89. The number of amides is 1. The summed E-state index contributed by atoms with van der Waals surface area (Å²) in [5, 5.41) is 13.6. The van der Waals surface area contributed by atoms with Crippen molar-refractivity contribution in [2.24, 2.45) is 5.92 Å². The highest BCUT2D eigenvalue weighted by Crippen LogP contribution is 2.47. The number of hydrogen-bond donors (Lipinski definition) is 3. The monoisotopic (exact) mass is 484 g/mol. The number of aromatic amines is 1. The zero-order valence-electron chi connectivity index (χ0n) is 20.1. The molecule has 4 rings (SSSR count). The number of fused-ring (bicyclic) bond motifs is 2. The van der Waals surface area contributed by atoms with Gasteiger partial charge in [-0.3, -0.25) is 4.79 Å². The predicted octanol–water partition coefficient (Wildman–Crippen LogP) is 5.36. The van der Waals surface area contributed by atoms with Crippen LogP contribution < -0.4 is 10.1 Å². The number of benzene rings is 2. The fourth-order valence-electron chi connectivity index (χ4n) is 5.15. The van der Waals surface area contributed by atoms with Gasteiger partial charge in [0.1, 0.15) is 11.9 Å². The Bertz CT molecular complexity index is 1160. The second kappa shape index (κ2) is 9.89. The molecule has 2 aromatic carbocycles. The van der Waals surface area contributed by atoms with E-state index in [0.29, 0.717) is 17.9 Å². The van der Waals surface area contributed by atoms with Gasteiger partial charge in [-0.2, -0.15) is 0 Å². The lowest BCUT2D eigenvalue weighted by atomic mass is 9.86.